The van der Waals surface area contributed by atoms with Gasteiger partial charge in [-0.1, -0.05) is 30.3 Å². The molecule has 5 rings (SSSR count). The van der Waals surface area contributed by atoms with Gasteiger partial charge in [0, 0.05) is 37.0 Å². The maximum atomic E-state index is 12.3. The zero-order chi connectivity index (χ0) is 23.3. The predicted octanol–water partition coefficient (Wildman–Crippen LogP) is 4.04. The lowest BCUT2D eigenvalue weighted by Gasteiger charge is -2.26. The van der Waals surface area contributed by atoms with Gasteiger partial charge in [-0.2, -0.15) is 0 Å². The van der Waals surface area contributed by atoms with Gasteiger partial charge in [0.25, 0.3) is 5.91 Å². The van der Waals surface area contributed by atoms with E-state index in [1.54, 1.807) is 23.8 Å². The molecule has 2 heterocycles. The fourth-order valence-corrected chi connectivity index (χ4v) is 4.14. The molecule has 0 aliphatic carbocycles. The first-order valence-electron chi connectivity index (χ1n) is 11.2. The third-order valence-corrected chi connectivity index (χ3v) is 5.90. The van der Waals surface area contributed by atoms with Gasteiger partial charge in [-0.25, -0.2) is 5.48 Å². The fraction of sp³-hybridized carbons (Fsp3) is 0.231. The van der Waals surface area contributed by atoms with Crippen LogP contribution in [0.15, 0.2) is 65.7 Å². The van der Waals surface area contributed by atoms with E-state index in [4.69, 9.17) is 14.2 Å². The SMILES string of the molecule is O=C(NO)c1ccccc1-c1ccc(OCCN2CCOCC2)c2c1C=Nc1ccccc1O2. The highest BCUT2D eigenvalue weighted by molar-refractivity contribution is 6.04. The monoisotopic (exact) mass is 459 g/mol. The van der Waals surface area contributed by atoms with Crippen LogP contribution in [0, 0.1) is 0 Å². The molecule has 8 nitrogen and oxygen atoms in total. The molecule has 2 aliphatic rings. The average Bonchev–Trinajstić information content (AvgIpc) is 3.09. The molecule has 2 aliphatic heterocycles. The van der Waals surface area contributed by atoms with Crippen LogP contribution in [-0.4, -0.2) is 61.7 Å². The zero-order valence-corrected chi connectivity index (χ0v) is 18.6. The highest BCUT2D eigenvalue weighted by Gasteiger charge is 2.23. The van der Waals surface area contributed by atoms with Crippen LogP contribution in [0.5, 0.6) is 17.2 Å². The van der Waals surface area contributed by atoms with Gasteiger partial charge in [0.1, 0.15) is 12.3 Å². The molecule has 174 valence electrons. The number of hydroxylamine groups is 1. The van der Waals surface area contributed by atoms with E-state index in [2.05, 4.69) is 9.89 Å². The van der Waals surface area contributed by atoms with Crippen molar-refractivity contribution in [3.05, 3.63) is 71.8 Å². The number of fused-ring (bicyclic) bond motifs is 2. The van der Waals surface area contributed by atoms with E-state index < -0.39 is 5.91 Å². The number of hydrogen-bond acceptors (Lipinski definition) is 7. The smallest absolute Gasteiger partial charge is 0.275 e. The number of carbonyl (C=O) groups is 1. The summed E-state index contributed by atoms with van der Waals surface area (Å²) in [5.41, 5.74) is 4.84. The van der Waals surface area contributed by atoms with Crippen molar-refractivity contribution in [2.45, 2.75) is 0 Å². The summed E-state index contributed by atoms with van der Waals surface area (Å²) in [7, 11) is 0. The average molecular weight is 460 g/mol. The zero-order valence-electron chi connectivity index (χ0n) is 18.6. The summed E-state index contributed by atoms with van der Waals surface area (Å²) >= 11 is 0. The molecule has 0 unspecified atom stereocenters. The fourth-order valence-electron chi connectivity index (χ4n) is 4.14. The van der Waals surface area contributed by atoms with E-state index in [1.165, 1.54) is 0 Å². The first kappa shape index (κ1) is 22.1. The molecule has 0 spiro atoms. The Bertz CT molecular complexity index is 1220. The Kier molecular flexibility index (Phi) is 6.53. The number of aliphatic imine (C=N–C) groups is 1. The third kappa shape index (κ3) is 4.51. The van der Waals surface area contributed by atoms with Crippen LogP contribution in [0.2, 0.25) is 0 Å². The number of para-hydroxylation sites is 2. The molecule has 2 N–H and O–H groups in total. The van der Waals surface area contributed by atoms with Crippen LogP contribution in [-0.2, 0) is 4.74 Å². The van der Waals surface area contributed by atoms with Crippen LogP contribution >= 0.6 is 0 Å². The Hall–Kier alpha value is -3.72. The Balaban J connectivity index is 1.54. The minimum Gasteiger partial charge on any atom is -0.488 e. The summed E-state index contributed by atoms with van der Waals surface area (Å²) in [4.78, 5) is 19.2. The summed E-state index contributed by atoms with van der Waals surface area (Å²) in [6.45, 7) is 4.53. The van der Waals surface area contributed by atoms with E-state index >= 15 is 0 Å². The van der Waals surface area contributed by atoms with E-state index in [9.17, 15) is 10.0 Å². The minimum atomic E-state index is -0.593. The number of nitrogens with one attached hydrogen (secondary N) is 1. The number of hydrogen-bond donors (Lipinski definition) is 2. The van der Waals surface area contributed by atoms with Gasteiger partial charge in [-0.3, -0.25) is 19.9 Å². The third-order valence-electron chi connectivity index (χ3n) is 5.90. The van der Waals surface area contributed by atoms with Gasteiger partial charge in [0.15, 0.2) is 17.2 Å². The quantitative estimate of drug-likeness (QED) is 0.334. The lowest BCUT2D eigenvalue weighted by molar-refractivity contribution is 0.0321. The van der Waals surface area contributed by atoms with Crippen LogP contribution in [0.4, 0.5) is 5.69 Å². The first-order valence-corrected chi connectivity index (χ1v) is 11.2. The number of rotatable bonds is 6. The highest BCUT2D eigenvalue weighted by Crippen LogP contribution is 2.44. The van der Waals surface area contributed by atoms with Crippen molar-refractivity contribution in [1.82, 2.24) is 10.4 Å². The molecule has 1 fully saturated rings. The van der Waals surface area contributed by atoms with Crippen molar-refractivity contribution in [2.75, 3.05) is 39.5 Å². The summed E-state index contributed by atoms with van der Waals surface area (Å²) < 4.78 is 17.9. The van der Waals surface area contributed by atoms with Crippen molar-refractivity contribution < 1.29 is 24.2 Å². The van der Waals surface area contributed by atoms with Crippen molar-refractivity contribution in [3.63, 3.8) is 0 Å². The van der Waals surface area contributed by atoms with Crippen molar-refractivity contribution in [1.29, 1.82) is 0 Å². The number of nitrogens with zero attached hydrogens (tertiary/aromatic N) is 2. The maximum absolute atomic E-state index is 12.3. The Morgan fingerprint density at radius 1 is 1.03 bits per heavy atom. The molecule has 1 saturated heterocycles. The molecular weight excluding hydrogens is 434 g/mol. The standard InChI is InChI=1S/C26H25N3O5/c30-26(28-31)20-6-2-1-5-18(20)19-9-10-24(33-16-13-29-11-14-32-15-12-29)25-21(19)17-27-22-7-3-4-8-23(22)34-25/h1-10,17,31H,11-16H2,(H,28,30). The highest BCUT2D eigenvalue weighted by atomic mass is 16.5. The van der Waals surface area contributed by atoms with E-state index in [0.29, 0.717) is 46.2 Å². The molecule has 34 heavy (non-hydrogen) atoms. The Morgan fingerprint density at radius 2 is 1.82 bits per heavy atom. The number of carbonyl (C=O) groups excluding carboxylic acids is 1. The van der Waals surface area contributed by atoms with Crippen LogP contribution in [0.1, 0.15) is 15.9 Å². The van der Waals surface area contributed by atoms with Gasteiger partial charge in [0.05, 0.1) is 13.2 Å². The molecule has 0 radical (unpaired) electrons. The van der Waals surface area contributed by atoms with Gasteiger partial charge in [-0.15, -0.1) is 0 Å². The lowest BCUT2D eigenvalue weighted by atomic mass is 9.94. The Morgan fingerprint density at radius 3 is 2.68 bits per heavy atom. The molecule has 0 bridgehead atoms. The summed E-state index contributed by atoms with van der Waals surface area (Å²) in [6, 6.07) is 18.3. The van der Waals surface area contributed by atoms with Gasteiger partial charge in [-0.05, 0) is 41.5 Å². The summed E-state index contributed by atoms with van der Waals surface area (Å²) in [5, 5.41) is 9.23. The van der Waals surface area contributed by atoms with Crippen LogP contribution < -0.4 is 15.0 Å². The summed E-state index contributed by atoms with van der Waals surface area (Å²) in [6.07, 6.45) is 1.74. The molecule has 0 aromatic heterocycles. The van der Waals surface area contributed by atoms with E-state index in [-0.39, 0.29) is 0 Å². The molecule has 3 aromatic carbocycles. The summed E-state index contributed by atoms with van der Waals surface area (Å²) in [5.74, 6) is 1.16. The van der Waals surface area contributed by atoms with Gasteiger partial charge >= 0.3 is 0 Å². The topological polar surface area (TPSA) is 92.6 Å². The largest absolute Gasteiger partial charge is 0.488 e. The second-order valence-corrected chi connectivity index (χ2v) is 7.97. The molecule has 3 aromatic rings. The number of morpholine rings is 1. The van der Waals surface area contributed by atoms with Crippen LogP contribution in [0.25, 0.3) is 11.1 Å². The number of benzene rings is 3. The van der Waals surface area contributed by atoms with Crippen molar-refractivity contribution in [2.24, 2.45) is 4.99 Å². The Labute approximate surface area is 197 Å². The van der Waals surface area contributed by atoms with Gasteiger partial charge < -0.3 is 14.2 Å². The molecule has 8 heteroatoms. The molecule has 0 saturated carbocycles. The van der Waals surface area contributed by atoms with Crippen molar-refractivity contribution >= 4 is 17.8 Å². The second-order valence-electron chi connectivity index (χ2n) is 7.97. The van der Waals surface area contributed by atoms with Gasteiger partial charge in [0.2, 0.25) is 0 Å². The molecular formula is C26H25N3O5. The lowest BCUT2D eigenvalue weighted by Crippen LogP contribution is -2.38. The molecule has 1 amide bonds. The van der Waals surface area contributed by atoms with Crippen LogP contribution in [0.3, 0.4) is 0 Å². The molecule has 0 atom stereocenters. The predicted molar refractivity (Wildman–Crippen MR) is 128 cm³/mol. The first-order chi connectivity index (χ1) is 16.7. The maximum Gasteiger partial charge on any atom is 0.275 e. The minimum absolute atomic E-state index is 0.336. The van der Waals surface area contributed by atoms with E-state index in [0.717, 1.165) is 38.4 Å². The normalized spacial score (nSPS) is 15.0. The van der Waals surface area contributed by atoms with E-state index in [1.807, 2.05) is 48.5 Å². The number of ether oxygens (including phenoxy) is 3. The van der Waals surface area contributed by atoms with Crippen molar-refractivity contribution in [3.8, 4) is 28.4 Å². The number of amides is 1. The second kappa shape index (κ2) is 10.0.